The van der Waals surface area contributed by atoms with Crippen LogP contribution in [0.2, 0.25) is 5.02 Å². The molecule has 0 aliphatic rings. The van der Waals surface area contributed by atoms with Crippen molar-refractivity contribution in [1.29, 1.82) is 0 Å². The lowest BCUT2D eigenvalue weighted by molar-refractivity contribution is 0.758. The van der Waals surface area contributed by atoms with Gasteiger partial charge in [-0.05, 0) is 40.1 Å². The maximum atomic E-state index is 13.6. The zero-order valence-corrected chi connectivity index (χ0v) is 17.5. The van der Waals surface area contributed by atoms with E-state index in [9.17, 15) is 4.79 Å². The summed E-state index contributed by atoms with van der Waals surface area (Å²) < 4.78 is 1.74. The van der Waals surface area contributed by atoms with E-state index in [0.29, 0.717) is 34.8 Å². The molecular formula is C26H20ClN3O. The van der Waals surface area contributed by atoms with Crippen LogP contribution >= 0.6 is 11.6 Å². The van der Waals surface area contributed by atoms with Crippen LogP contribution < -0.4 is 11.3 Å². The van der Waals surface area contributed by atoms with Gasteiger partial charge in [0.1, 0.15) is 5.82 Å². The molecule has 0 amide bonds. The number of nitrogens with two attached hydrogens (primary N) is 1. The number of halogens is 1. The molecule has 0 saturated carbocycles. The van der Waals surface area contributed by atoms with E-state index in [1.54, 1.807) is 22.8 Å². The molecular weight excluding hydrogens is 406 g/mol. The molecule has 1 heterocycles. The Morgan fingerprint density at radius 3 is 2.48 bits per heavy atom. The minimum Gasteiger partial charge on any atom is -0.326 e. The van der Waals surface area contributed by atoms with Gasteiger partial charge in [0.2, 0.25) is 0 Å². The molecule has 1 aromatic heterocycles. The number of benzene rings is 4. The first kappa shape index (κ1) is 19.5. The Morgan fingerprint density at radius 2 is 1.61 bits per heavy atom. The number of fused-ring (bicyclic) bond motifs is 2. The number of hydrogen-bond acceptors (Lipinski definition) is 3. The second-order valence-electron chi connectivity index (χ2n) is 7.54. The van der Waals surface area contributed by atoms with E-state index in [1.807, 2.05) is 48.5 Å². The van der Waals surface area contributed by atoms with Gasteiger partial charge in [0.15, 0.2) is 0 Å². The summed E-state index contributed by atoms with van der Waals surface area (Å²) in [4.78, 5) is 18.5. The highest BCUT2D eigenvalue weighted by Gasteiger charge is 2.16. The van der Waals surface area contributed by atoms with Crippen LogP contribution in [0.4, 0.5) is 0 Å². The van der Waals surface area contributed by atoms with Crippen molar-refractivity contribution in [1.82, 2.24) is 9.55 Å². The molecule has 0 spiro atoms. The Balaban J connectivity index is 1.81. The summed E-state index contributed by atoms with van der Waals surface area (Å²) in [6.45, 7) is 0.851. The van der Waals surface area contributed by atoms with Crippen molar-refractivity contribution >= 4 is 33.3 Å². The minimum absolute atomic E-state index is 0.0947. The van der Waals surface area contributed by atoms with Gasteiger partial charge >= 0.3 is 0 Å². The van der Waals surface area contributed by atoms with Crippen LogP contribution in [-0.2, 0) is 13.1 Å². The van der Waals surface area contributed by atoms with Crippen LogP contribution in [-0.4, -0.2) is 9.55 Å². The van der Waals surface area contributed by atoms with Crippen molar-refractivity contribution < 1.29 is 0 Å². The van der Waals surface area contributed by atoms with E-state index in [2.05, 4.69) is 18.2 Å². The fraction of sp³-hybridized carbons (Fsp3) is 0.0769. The van der Waals surface area contributed by atoms with Crippen LogP contribution in [0.25, 0.3) is 33.1 Å². The minimum atomic E-state index is -0.0947. The normalized spacial score (nSPS) is 11.3. The molecule has 0 aliphatic carbocycles. The molecule has 0 saturated heterocycles. The maximum Gasteiger partial charge on any atom is 0.261 e. The van der Waals surface area contributed by atoms with Crippen LogP contribution in [0.5, 0.6) is 0 Å². The van der Waals surface area contributed by atoms with Gasteiger partial charge in [-0.2, -0.15) is 0 Å². The van der Waals surface area contributed by atoms with Crippen molar-refractivity contribution in [2.24, 2.45) is 5.73 Å². The fourth-order valence-corrected chi connectivity index (χ4v) is 4.17. The van der Waals surface area contributed by atoms with Crippen molar-refractivity contribution in [2.75, 3.05) is 0 Å². The average Bonchev–Trinajstić information content (AvgIpc) is 2.80. The second-order valence-corrected chi connectivity index (χ2v) is 7.98. The molecule has 2 N–H and O–H groups in total. The summed E-state index contributed by atoms with van der Waals surface area (Å²) >= 11 is 6.21. The summed E-state index contributed by atoms with van der Waals surface area (Å²) in [5, 5.41) is 3.24. The maximum absolute atomic E-state index is 13.6. The van der Waals surface area contributed by atoms with Crippen LogP contribution in [0.1, 0.15) is 11.1 Å². The smallest absolute Gasteiger partial charge is 0.261 e. The Kier molecular flexibility index (Phi) is 5.02. The fourth-order valence-electron chi connectivity index (χ4n) is 4.00. The molecule has 0 bridgehead atoms. The second kappa shape index (κ2) is 7.99. The average molecular weight is 426 g/mol. The summed E-state index contributed by atoms with van der Waals surface area (Å²) in [7, 11) is 0. The summed E-state index contributed by atoms with van der Waals surface area (Å²) in [5.74, 6) is 0.620. The molecule has 5 rings (SSSR count). The van der Waals surface area contributed by atoms with Crippen molar-refractivity contribution in [3.05, 3.63) is 111 Å². The van der Waals surface area contributed by atoms with Crippen LogP contribution in [0, 0.1) is 0 Å². The summed E-state index contributed by atoms with van der Waals surface area (Å²) in [6, 6.07) is 27.4. The lowest BCUT2D eigenvalue weighted by Gasteiger charge is -2.16. The molecule has 5 aromatic rings. The molecule has 152 valence electrons. The van der Waals surface area contributed by atoms with Gasteiger partial charge in [0, 0.05) is 17.1 Å². The van der Waals surface area contributed by atoms with E-state index >= 15 is 0 Å². The van der Waals surface area contributed by atoms with Gasteiger partial charge in [0.05, 0.1) is 17.4 Å². The molecule has 31 heavy (non-hydrogen) atoms. The molecule has 0 aliphatic heterocycles. The SMILES string of the molecule is NCc1cccc(Cn2c(-c3cccc4ccccc34)nc3cc(Cl)ccc3c2=O)c1. The van der Waals surface area contributed by atoms with E-state index in [-0.39, 0.29) is 5.56 Å². The van der Waals surface area contributed by atoms with E-state index in [0.717, 1.165) is 27.5 Å². The first-order valence-electron chi connectivity index (χ1n) is 10.1. The highest BCUT2D eigenvalue weighted by Crippen LogP contribution is 2.29. The number of hydrogen-bond donors (Lipinski definition) is 1. The lowest BCUT2D eigenvalue weighted by atomic mass is 10.0. The third-order valence-corrected chi connectivity index (χ3v) is 5.75. The Hall–Kier alpha value is -3.47. The number of rotatable bonds is 4. The van der Waals surface area contributed by atoms with Gasteiger partial charge in [-0.15, -0.1) is 0 Å². The quantitative estimate of drug-likeness (QED) is 0.420. The topological polar surface area (TPSA) is 60.9 Å². The Labute approximate surface area is 184 Å². The van der Waals surface area contributed by atoms with Crippen LogP contribution in [0.3, 0.4) is 0 Å². The van der Waals surface area contributed by atoms with Gasteiger partial charge in [0.25, 0.3) is 5.56 Å². The molecule has 4 aromatic carbocycles. The Bertz CT molecular complexity index is 1480. The number of nitrogens with zero attached hydrogens (tertiary/aromatic N) is 2. The van der Waals surface area contributed by atoms with Gasteiger partial charge in [-0.1, -0.05) is 78.3 Å². The standard InChI is InChI=1S/C26H20ClN3O/c27-20-11-12-23-24(14-20)29-25(22-10-4-8-19-7-1-2-9-21(19)22)30(26(23)31)16-18-6-3-5-17(13-18)15-28/h1-14H,15-16,28H2. The zero-order chi connectivity index (χ0) is 21.4. The largest absolute Gasteiger partial charge is 0.326 e. The first-order chi connectivity index (χ1) is 15.1. The lowest BCUT2D eigenvalue weighted by Crippen LogP contribution is -2.24. The van der Waals surface area contributed by atoms with Crippen LogP contribution in [0.15, 0.2) is 89.7 Å². The molecule has 5 heteroatoms. The van der Waals surface area contributed by atoms with Gasteiger partial charge in [-0.25, -0.2) is 4.98 Å². The zero-order valence-electron chi connectivity index (χ0n) is 16.8. The summed E-state index contributed by atoms with van der Waals surface area (Å²) in [6.07, 6.45) is 0. The summed E-state index contributed by atoms with van der Waals surface area (Å²) in [5.41, 5.74) is 9.25. The predicted octanol–water partition coefficient (Wildman–Crippen LogP) is 5.38. The third-order valence-electron chi connectivity index (χ3n) is 5.52. The van der Waals surface area contributed by atoms with Crippen molar-refractivity contribution in [2.45, 2.75) is 13.1 Å². The monoisotopic (exact) mass is 425 g/mol. The van der Waals surface area contributed by atoms with E-state index < -0.39 is 0 Å². The molecule has 0 unspecified atom stereocenters. The van der Waals surface area contributed by atoms with E-state index in [4.69, 9.17) is 22.3 Å². The first-order valence-corrected chi connectivity index (χ1v) is 10.5. The highest BCUT2D eigenvalue weighted by atomic mass is 35.5. The third kappa shape index (κ3) is 3.61. The molecule has 4 nitrogen and oxygen atoms in total. The van der Waals surface area contributed by atoms with Crippen molar-refractivity contribution in [3.8, 4) is 11.4 Å². The Morgan fingerprint density at radius 1 is 0.839 bits per heavy atom. The number of aromatic nitrogens is 2. The molecule has 0 radical (unpaired) electrons. The predicted molar refractivity (Wildman–Crippen MR) is 127 cm³/mol. The molecule has 0 atom stereocenters. The molecule has 0 fully saturated rings. The highest BCUT2D eigenvalue weighted by molar-refractivity contribution is 6.31. The van der Waals surface area contributed by atoms with E-state index in [1.165, 1.54) is 0 Å². The van der Waals surface area contributed by atoms with Gasteiger partial charge in [-0.3, -0.25) is 9.36 Å². The van der Waals surface area contributed by atoms with Crippen molar-refractivity contribution in [3.63, 3.8) is 0 Å². The van der Waals surface area contributed by atoms with Gasteiger partial charge < -0.3 is 5.73 Å².